The maximum absolute atomic E-state index is 5.34. The van der Waals surface area contributed by atoms with E-state index in [0.29, 0.717) is 13.0 Å². The van der Waals surface area contributed by atoms with Gasteiger partial charge in [-0.05, 0) is 0 Å². The molecule has 8 heavy (non-hydrogen) atoms. The van der Waals surface area contributed by atoms with Gasteiger partial charge in [-0.3, -0.25) is 0 Å². The molecule has 0 saturated heterocycles. The van der Waals surface area contributed by atoms with Crippen LogP contribution in [0.1, 0.15) is 6.42 Å². The first kappa shape index (κ1) is 9.05. The zero-order valence-electron chi connectivity index (χ0n) is 3.96. The second-order valence-corrected chi connectivity index (χ2v) is 4.02. The minimum atomic E-state index is -1.19. The molecule has 0 aliphatic rings. The van der Waals surface area contributed by atoms with Crippen molar-refractivity contribution in [1.29, 1.82) is 0 Å². The Labute approximate surface area is 66.8 Å². The molecule has 0 aliphatic carbocycles. The molecule has 0 aromatic rings. The van der Waals surface area contributed by atoms with Crippen LogP contribution in [0.3, 0.4) is 0 Å². The van der Waals surface area contributed by atoms with Crippen molar-refractivity contribution in [2.75, 3.05) is 6.61 Å². The van der Waals surface area contributed by atoms with Crippen molar-refractivity contribution in [1.82, 2.24) is 0 Å². The highest BCUT2D eigenvalue weighted by Crippen LogP contribution is 2.29. The highest BCUT2D eigenvalue weighted by Gasteiger charge is 2.17. The Bertz CT molecular complexity index is 62.0. The lowest BCUT2D eigenvalue weighted by Crippen LogP contribution is -2.06. The fourth-order valence-corrected chi connectivity index (χ4v) is 0.500. The van der Waals surface area contributed by atoms with Crippen molar-refractivity contribution in [3.05, 3.63) is 0 Å². The summed E-state index contributed by atoms with van der Waals surface area (Å²) in [4.78, 5) is 0. The zero-order valence-corrected chi connectivity index (χ0v) is 7.22. The van der Waals surface area contributed by atoms with Crippen molar-refractivity contribution in [2.45, 2.75) is 10.2 Å². The molecule has 47 valence electrons. The van der Waals surface area contributed by atoms with Crippen LogP contribution in [-0.4, -0.2) is 20.9 Å². The summed E-state index contributed by atoms with van der Waals surface area (Å²) in [6, 6.07) is 0. The highest BCUT2D eigenvalue weighted by atomic mass is 35.6. The Morgan fingerprint density at radius 3 is 2.00 bits per heavy atom. The Morgan fingerprint density at radius 2 is 1.88 bits per heavy atom. The fraction of sp³-hybridized carbons (Fsp3) is 1.00. The van der Waals surface area contributed by atoms with Crippen molar-refractivity contribution in [3.8, 4) is 0 Å². The van der Waals surface area contributed by atoms with Crippen LogP contribution in [0.25, 0.3) is 0 Å². The van der Waals surface area contributed by atoms with Gasteiger partial charge in [0.25, 0.3) is 0 Å². The molecule has 0 saturated carbocycles. The van der Waals surface area contributed by atoms with E-state index in [0.717, 1.165) is 0 Å². The Morgan fingerprint density at radius 1 is 1.38 bits per heavy atom. The second kappa shape index (κ2) is 3.96. The van der Waals surface area contributed by atoms with E-state index >= 15 is 0 Å². The first-order chi connectivity index (χ1) is 3.56. The maximum Gasteiger partial charge on any atom is 0.246 e. The molecule has 0 aliphatic heterocycles. The summed E-state index contributed by atoms with van der Waals surface area (Å²) in [5, 5.41) is 0. The monoisotopic (exact) mass is 189 g/mol. The van der Waals surface area contributed by atoms with E-state index < -0.39 is 3.79 Å². The van der Waals surface area contributed by atoms with Gasteiger partial charge in [0.05, 0.1) is 0 Å². The molecule has 3 radical (unpaired) electrons. The van der Waals surface area contributed by atoms with Crippen LogP contribution in [0.4, 0.5) is 0 Å². The average molecular weight is 191 g/mol. The fourth-order valence-electron chi connectivity index (χ4n) is 0.167. The summed E-state index contributed by atoms with van der Waals surface area (Å²) in [6.45, 7) is 0.396. The van der Waals surface area contributed by atoms with E-state index in [-0.39, 0.29) is 0 Å². The summed E-state index contributed by atoms with van der Waals surface area (Å²) in [5.41, 5.74) is 0. The third-order valence-corrected chi connectivity index (χ3v) is 1.26. The molecule has 0 amide bonds. The minimum absolute atomic E-state index is 0.390. The van der Waals surface area contributed by atoms with Gasteiger partial charge in [0.15, 0.2) is 3.79 Å². The van der Waals surface area contributed by atoms with Crippen molar-refractivity contribution in [2.24, 2.45) is 0 Å². The van der Waals surface area contributed by atoms with Crippen molar-refractivity contribution < 1.29 is 4.43 Å². The Kier molecular flexibility index (Phi) is 4.48. The van der Waals surface area contributed by atoms with Crippen molar-refractivity contribution in [3.63, 3.8) is 0 Å². The normalized spacial score (nSPS) is 12.0. The Hall–Kier alpha value is 1.05. The molecule has 0 rings (SSSR count). The topological polar surface area (TPSA) is 9.23 Å². The van der Waals surface area contributed by atoms with E-state index in [1.54, 1.807) is 0 Å². The van der Waals surface area contributed by atoms with Gasteiger partial charge in [-0.15, -0.1) is 0 Å². The number of alkyl halides is 3. The van der Waals surface area contributed by atoms with Crippen LogP contribution < -0.4 is 0 Å². The standard InChI is InChI=1S/C3H4Cl3OSi/c4-3(5,6)1-2-7-8/h1-2H2. The molecule has 0 bridgehead atoms. The lowest BCUT2D eigenvalue weighted by molar-refractivity contribution is 0.343. The van der Waals surface area contributed by atoms with Crippen LogP contribution in [-0.2, 0) is 4.43 Å². The number of rotatable bonds is 2. The third kappa shape index (κ3) is 7.05. The molecule has 0 aromatic carbocycles. The molecule has 0 heterocycles. The molecule has 5 heteroatoms. The molecular weight excluding hydrogens is 186 g/mol. The van der Waals surface area contributed by atoms with Crippen LogP contribution in [0.15, 0.2) is 0 Å². The molecule has 1 nitrogen and oxygen atoms in total. The first-order valence-corrected chi connectivity index (χ1v) is 3.46. The summed E-state index contributed by atoms with van der Waals surface area (Å²) in [5.74, 6) is 0. The number of hydrogen-bond acceptors (Lipinski definition) is 1. The second-order valence-electron chi connectivity index (χ2n) is 1.21. The van der Waals surface area contributed by atoms with Gasteiger partial charge in [0.2, 0.25) is 10.5 Å². The van der Waals surface area contributed by atoms with Gasteiger partial charge < -0.3 is 4.43 Å². The molecule has 0 atom stereocenters. The average Bonchev–Trinajstić information content (AvgIpc) is 1.59. The van der Waals surface area contributed by atoms with E-state index in [9.17, 15) is 0 Å². The largest absolute Gasteiger partial charge is 0.418 e. The number of halogens is 3. The smallest absolute Gasteiger partial charge is 0.246 e. The van der Waals surface area contributed by atoms with Crippen LogP contribution in [0.5, 0.6) is 0 Å². The molecule has 0 aromatic heterocycles. The predicted octanol–water partition coefficient (Wildman–Crippen LogP) is 1.85. The summed E-state index contributed by atoms with van der Waals surface area (Å²) in [7, 11) is 2.77. The van der Waals surface area contributed by atoms with E-state index in [2.05, 4.69) is 14.9 Å². The summed E-state index contributed by atoms with van der Waals surface area (Å²) >= 11 is 16.0. The van der Waals surface area contributed by atoms with Crippen LogP contribution >= 0.6 is 34.8 Å². The van der Waals surface area contributed by atoms with E-state index in [1.807, 2.05) is 0 Å². The minimum Gasteiger partial charge on any atom is -0.418 e. The van der Waals surface area contributed by atoms with Gasteiger partial charge in [-0.25, -0.2) is 0 Å². The number of hydrogen-bond donors (Lipinski definition) is 0. The highest BCUT2D eigenvalue weighted by molar-refractivity contribution is 6.67. The van der Waals surface area contributed by atoms with Crippen molar-refractivity contribution >= 4 is 45.3 Å². The van der Waals surface area contributed by atoms with Gasteiger partial charge >= 0.3 is 0 Å². The molecule has 0 spiro atoms. The SMILES string of the molecule is [Si]OCCC(Cl)(Cl)Cl. The zero-order chi connectivity index (χ0) is 6.62. The van der Waals surface area contributed by atoms with Crippen LogP contribution in [0, 0.1) is 0 Å². The maximum atomic E-state index is 5.34. The van der Waals surface area contributed by atoms with Crippen LogP contribution in [0.2, 0.25) is 0 Å². The van der Waals surface area contributed by atoms with Gasteiger partial charge in [-0.2, -0.15) is 0 Å². The van der Waals surface area contributed by atoms with Gasteiger partial charge in [0.1, 0.15) is 0 Å². The van der Waals surface area contributed by atoms with E-state index in [1.165, 1.54) is 0 Å². The summed E-state index contributed by atoms with van der Waals surface area (Å²) in [6.07, 6.45) is 0.390. The molecule has 0 unspecified atom stereocenters. The Balaban J connectivity index is 3.11. The third-order valence-electron chi connectivity index (χ3n) is 0.488. The summed E-state index contributed by atoms with van der Waals surface area (Å²) < 4.78 is 3.28. The first-order valence-electron chi connectivity index (χ1n) is 1.91. The lowest BCUT2D eigenvalue weighted by Gasteiger charge is -2.07. The lowest BCUT2D eigenvalue weighted by atomic mass is 10.5. The quantitative estimate of drug-likeness (QED) is 0.477. The molecule has 0 N–H and O–H groups in total. The molecule has 0 fully saturated rings. The predicted molar refractivity (Wildman–Crippen MR) is 36.6 cm³/mol. The molecular formula is C3H4Cl3OSi. The van der Waals surface area contributed by atoms with Gasteiger partial charge in [0, 0.05) is 13.0 Å². The van der Waals surface area contributed by atoms with E-state index in [4.69, 9.17) is 34.8 Å². The van der Waals surface area contributed by atoms with Gasteiger partial charge in [-0.1, -0.05) is 34.8 Å².